The molecule has 2 aromatic rings. The molecule has 8 heteroatoms. The molecule has 2 N–H and O–H groups in total. The second kappa shape index (κ2) is 9.51. The largest absolute Gasteiger partial charge is 0.497 e. The normalized spacial score (nSPS) is 19.4. The summed E-state index contributed by atoms with van der Waals surface area (Å²) in [6.45, 7) is 2.16. The standard InChI is InChI=1S/C23H30N4O4/c1-24-23(29)21-20(15-5-7-17(30-2)8-6-15)25-22(26-21)16-9-11-27(12-10-16)19(28)14-18-4-3-13-31-18/h5-8,16,18H,3-4,9-14H2,1-2H3,(H,24,29)(H,25,26)/t18-/m1/s1. The van der Waals surface area contributed by atoms with Crippen LogP contribution in [0.5, 0.6) is 5.75 Å². The second-order valence-corrected chi connectivity index (χ2v) is 8.15. The molecule has 2 aliphatic heterocycles. The maximum atomic E-state index is 12.6. The molecule has 1 aromatic heterocycles. The summed E-state index contributed by atoms with van der Waals surface area (Å²) >= 11 is 0. The first-order valence-electron chi connectivity index (χ1n) is 10.9. The average Bonchev–Trinajstić information content (AvgIpc) is 3.49. The number of H-pyrrole nitrogens is 1. The summed E-state index contributed by atoms with van der Waals surface area (Å²) < 4.78 is 10.8. The molecule has 166 valence electrons. The Labute approximate surface area is 182 Å². The number of aromatic nitrogens is 2. The SMILES string of the molecule is CNC(=O)c1[nH]c(C2CCN(C(=O)C[C@H]3CCCO3)CC2)nc1-c1ccc(OC)cc1. The Morgan fingerprint density at radius 2 is 1.97 bits per heavy atom. The number of amides is 2. The second-order valence-electron chi connectivity index (χ2n) is 8.15. The lowest BCUT2D eigenvalue weighted by Crippen LogP contribution is -2.39. The quantitative estimate of drug-likeness (QED) is 0.740. The van der Waals surface area contributed by atoms with Crippen LogP contribution in [0, 0.1) is 0 Å². The molecule has 8 nitrogen and oxygen atoms in total. The maximum absolute atomic E-state index is 12.6. The van der Waals surface area contributed by atoms with Gasteiger partial charge in [0.1, 0.15) is 23.0 Å². The van der Waals surface area contributed by atoms with Gasteiger partial charge in [-0.05, 0) is 49.9 Å². The number of nitrogens with one attached hydrogen (secondary N) is 2. The molecule has 4 rings (SSSR count). The van der Waals surface area contributed by atoms with Crippen molar-refractivity contribution in [2.75, 3.05) is 33.9 Å². The third-order valence-electron chi connectivity index (χ3n) is 6.20. The number of methoxy groups -OCH3 is 1. The van der Waals surface area contributed by atoms with Crippen LogP contribution >= 0.6 is 0 Å². The molecule has 0 bridgehead atoms. The Hall–Kier alpha value is -2.87. The van der Waals surface area contributed by atoms with Crippen molar-refractivity contribution in [3.05, 3.63) is 35.8 Å². The van der Waals surface area contributed by atoms with Crippen LogP contribution in [0.1, 0.15) is 54.3 Å². The number of hydrogen-bond acceptors (Lipinski definition) is 5. The van der Waals surface area contributed by atoms with Crippen molar-refractivity contribution in [1.82, 2.24) is 20.2 Å². The van der Waals surface area contributed by atoms with Gasteiger partial charge in [-0.2, -0.15) is 0 Å². The molecule has 2 aliphatic rings. The monoisotopic (exact) mass is 426 g/mol. The van der Waals surface area contributed by atoms with Gasteiger partial charge in [0, 0.05) is 38.2 Å². The van der Waals surface area contributed by atoms with Gasteiger partial charge in [-0.1, -0.05) is 0 Å². The van der Waals surface area contributed by atoms with E-state index in [1.54, 1.807) is 14.2 Å². The molecule has 1 atom stereocenters. The first kappa shape index (κ1) is 21.4. The molecule has 0 radical (unpaired) electrons. The molecular weight excluding hydrogens is 396 g/mol. The molecule has 31 heavy (non-hydrogen) atoms. The molecule has 0 unspecified atom stereocenters. The highest BCUT2D eigenvalue weighted by atomic mass is 16.5. The lowest BCUT2D eigenvalue weighted by molar-refractivity contribution is -0.134. The Kier molecular flexibility index (Phi) is 6.56. The van der Waals surface area contributed by atoms with Gasteiger partial charge < -0.3 is 24.7 Å². The van der Waals surface area contributed by atoms with E-state index in [9.17, 15) is 9.59 Å². The fourth-order valence-electron chi connectivity index (χ4n) is 4.36. The molecule has 0 spiro atoms. The zero-order valence-corrected chi connectivity index (χ0v) is 18.1. The van der Waals surface area contributed by atoms with E-state index in [0.29, 0.717) is 30.9 Å². The van der Waals surface area contributed by atoms with Crippen LogP contribution in [0.25, 0.3) is 11.3 Å². The number of aromatic amines is 1. The highest BCUT2D eigenvalue weighted by Gasteiger charge is 2.29. The number of piperidine rings is 1. The zero-order chi connectivity index (χ0) is 21.8. The predicted molar refractivity (Wildman–Crippen MR) is 116 cm³/mol. The number of ether oxygens (including phenoxy) is 2. The van der Waals surface area contributed by atoms with E-state index in [4.69, 9.17) is 14.5 Å². The third kappa shape index (κ3) is 4.74. The molecule has 0 aliphatic carbocycles. The van der Waals surface area contributed by atoms with Crippen molar-refractivity contribution in [3.8, 4) is 17.0 Å². The Morgan fingerprint density at radius 1 is 1.23 bits per heavy atom. The van der Waals surface area contributed by atoms with Crippen LogP contribution in [-0.2, 0) is 9.53 Å². The summed E-state index contributed by atoms with van der Waals surface area (Å²) in [6, 6.07) is 7.51. The van der Waals surface area contributed by atoms with Crippen molar-refractivity contribution in [2.24, 2.45) is 0 Å². The van der Waals surface area contributed by atoms with E-state index in [1.807, 2.05) is 29.2 Å². The van der Waals surface area contributed by atoms with Gasteiger partial charge in [0.15, 0.2) is 0 Å². The minimum Gasteiger partial charge on any atom is -0.497 e. The molecular formula is C23H30N4O4. The van der Waals surface area contributed by atoms with Crippen molar-refractivity contribution < 1.29 is 19.1 Å². The third-order valence-corrected chi connectivity index (χ3v) is 6.20. The van der Waals surface area contributed by atoms with E-state index in [-0.39, 0.29) is 23.8 Å². The number of likely N-dealkylation sites (tertiary alicyclic amines) is 1. The van der Waals surface area contributed by atoms with Gasteiger partial charge in [-0.3, -0.25) is 9.59 Å². The van der Waals surface area contributed by atoms with Crippen LogP contribution < -0.4 is 10.1 Å². The molecule has 1 aromatic carbocycles. The molecule has 3 heterocycles. The summed E-state index contributed by atoms with van der Waals surface area (Å²) in [6.07, 6.45) is 4.22. The van der Waals surface area contributed by atoms with Crippen LogP contribution in [0.3, 0.4) is 0 Å². The summed E-state index contributed by atoms with van der Waals surface area (Å²) in [5.41, 5.74) is 1.94. The zero-order valence-electron chi connectivity index (χ0n) is 18.1. The van der Waals surface area contributed by atoms with Crippen LogP contribution in [-0.4, -0.2) is 66.6 Å². The summed E-state index contributed by atoms with van der Waals surface area (Å²) in [5, 5.41) is 2.69. The predicted octanol–water partition coefficient (Wildman–Crippen LogP) is 2.72. The molecule has 2 fully saturated rings. The smallest absolute Gasteiger partial charge is 0.269 e. The van der Waals surface area contributed by atoms with Crippen molar-refractivity contribution in [1.29, 1.82) is 0 Å². The van der Waals surface area contributed by atoms with Crippen LogP contribution in [0.15, 0.2) is 24.3 Å². The van der Waals surface area contributed by atoms with E-state index in [2.05, 4.69) is 10.3 Å². The number of imidazole rings is 1. The number of carbonyl (C=O) groups is 2. The maximum Gasteiger partial charge on any atom is 0.269 e. The van der Waals surface area contributed by atoms with Crippen molar-refractivity contribution in [3.63, 3.8) is 0 Å². The van der Waals surface area contributed by atoms with Crippen LogP contribution in [0.2, 0.25) is 0 Å². The van der Waals surface area contributed by atoms with E-state index in [0.717, 1.165) is 49.4 Å². The topological polar surface area (TPSA) is 96.6 Å². The van der Waals surface area contributed by atoms with E-state index in [1.165, 1.54) is 0 Å². The highest BCUT2D eigenvalue weighted by Crippen LogP contribution is 2.31. The van der Waals surface area contributed by atoms with Gasteiger partial charge in [0.2, 0.25) is 5.91 Å². The summed E-state index contributed by atoms with van der Waals surface area (Å²) in [7, 11) is 3.23. The Bertz CT molecular complexity index is 910. The number of nitrogens with zero attached hydrogens (tertiary/aromatic N) is 2. The first-order chi connectivity index (χ1) is 15.1. The molecule has 0 saturated carbocycles. The van der Waals surface area contributed by atoms with Crippen molar-refractivity contribution in [2.45, 2.75) is 44.1 Å². The summed E-state index contributed by atoms with van der Waals surface area (Å²) in [5.74, 6) is 1.71. The Morgan fingerprint density at radius 3 is 2.58 bits per heavy atom. The van der Waals surface area contributed by atoms with Gasteiger partial charge in [-0.25, -0.2) is 4.98 Å². The Balaban J connectivity index is 1.46. The molecule has 2 amide bonds. The average molecular weight is 427 g/mol. The minimum atomic E-state index is -0.200. The number of hydrogen-bond donors (Lipinski definition) is 2. The number of benzene rings is 1. The van der Waals surface area contributed by atoms with Gasteiger partial charge in [0.25, 0.3) is 5.91 Å². The van der Waals surface area contributed by atoms with E-state index < -0.39 is 0 Å². The van der Waals surface area contributed by atoms with E-state index >= 15 is 0 Å². The molecule has 2 saturated heterocycles. The number of rotatable bonds is 6. The van der Waals surface area contributed by atoms with Gasteiger partial charge in [0.05, 0.1) is 19.6 Å². The fraction of sp³-hybridized carbons (Fsp3) is 0.522. The lowest BCUT2D eigenvalue weighted by Gasteiger charge is -2.31. The fourth-order valence-corrected chi connectivity index (χ4v) is 4.36. The lowest BCUT2D eigenvalue weighted by atomic mass is 9.95. The minimum absolute atomic E-state index is 0.0810. The highest BCUT2D eigenvalue weighted by molar-refractivity contribution is 5.98. The summed E-state index contributed by atoms with van der Waals surface area (Å²) in [4.78, 5) is 35.0. The number of carbonyl (C=O) groups excluding carboxylic acids is 2. The van der Waals surface area contributed by atoms with Crippen molar-refractivity contribution >= 4 is 11.8 Å². The first-order valence-corrected chi connectivity index (χ1v) is 10.9. The van der Waals surface area contributed by atoms with Crippen LogP contribution in [0.4, 0.5) is 0 Å². The van der Waals surface area contributed by atoms with Gasteiger partial charge in [-0.15, -0.1) is 0 Å². The van der Waals surface area contributed by atoms with Gasteiger partial charge >= 0.3 is 0 Å².